The Morgan fingerprint density at radius 1 is 1.17 bits per heavy atom. The van der Waals surface area contributed by atoms with Gasteiger partial charge in [-0.15, -0.1) is 5.10 Å². The van der Waals surface area contributed by atoms with Crippen LogP contribution < -0.4 is 15.2 Å². The summed E-state index contributed by atoms with van der Waals surface area (Å²) in [5.74, 6) is 2.98. The maximum atomic E-state index is 6.31. The summed E-state index contributed by atoms with van der Waals surface area (Å²) < 4.78 is 16.5. The number of aromatic amines is 1. The van der Waals surface area contributed by atoms with E-state index in [0.717, 1.165) is 5.56 Å². The predicted octanol–water partition coefficient (Wildman–Crippen LogP) is 2.91. The lowest BCUT2D eigenvalue weighted by molar-refractivity contribution is 0.287. The van der Waals surface area contributed by atoms with Crippen LogP contribution in [0.25, 0.3) is 11.6 Å². The number of benzene rings is 1. The van der Waals surface area contributed by atoms with Gasteiger partial charge >= 0.3 is 0 Å². The highest BCUT2D eigenvalue weighted by Gasteiger charge is 2.18. The van der Waals surface area contributed by atoms with Crippen LogP contribution >= 0.6 is 0 Å². The molecule has 0 spiro atoms. The molecule has 3 rings (SSSR count). The van der Waals surface area contributed by atoms with Crippen LogP contribution in [0, 0.1) is 0 Å². The molecule has 2 aromatic heterocycles. The van der Waals surface area contributed by atoms with Crippen molar-refractivity contribution < 1.29 is 13.9 Å². The van der Waals surface area contributed by atoms with E-state index in [1.807, 2.05) is 32.0 Å². The van der Waals surface area contributed by atoms with Crippen LogP contribution in [0.4, 0.5) is 0 Å². The highest BCUT2D eigenvalue weighted by atomic mass is 16.5. The second-order valence-electron chi connectivity index (χ2n) is 5.07. The molecule has 2 heterocycles. The first kappa shape index (κ1) is 16.1. The van der Waals surface area contributed by atoms with E-state index >= 15 is 0 Å². The summed E-state index contributed by atoms with van der Waals surface area (Å²) in [6.07, 6.45) is 1.58. The topological polar surface area (TPSA) is 99.2 Å². The van der Waals surface area contributed by atoms with E-state index in [-0.39, 0.29) is 0 Å². The zero-order valence-corrected chi connectivity index (χ0v) is 13.7. The van der Waals surface area contributed by atoms with Crippen LogP contribution in [-0.2, 0) is 0 Å². The van der Waals surface area contributed by atoms with Gasteiger partial charge in [-0.2, -0.15) is 0 Å². The van der Waals surface area contributed by atoms with E-state index in [9.17, 15) is 0 Å². The average Bonchev–Trinajstić information content (AvgIpc) is 3.27. The molecule has 126 valence electrons. The first-order valence-corrected chi connectivity index (χ1v) is 7.84. The molecule has 0 fully saturated rings. The van der Waals surface area contributed by atoms with Crippen LogP contribution in [0.15, 0.2) is 41.0 Å². The molecule has 3 aromatic rings. The van der Waals surface area contributed by atoms with Crippen LogP contribution in [0.2, 0.25) is 0 Å². The second-order valence-corrected chi connectivity index (χ2v) is 5.07. The molecule has 0 aliphatic carbocycles. The minimum atomic E-state index is -0.462. The fraction of sp³-hybridized carbons (Fsp3) is 0.294. The van der Waals surface area contributed by atoms with E-state index in [1.165, 1.54) is 0 Å². The van der Waals surface area contributed by atoms with Crippen molar-refractivity contribution in [1.29, 1.82) is 0 Å². The molecular formula is C17H20N4O3. The van der Waals surface area contributed by atoms with Gasteiger partial charge < -0.3 is 19.6 Å². The van der Waals surface area contributed by atoms with Crippen LogP contribution in [0.1, 0.15) is 31.3 Å². The number of hydrogen-bond donors (Lipinski definition) is 2. The van der Waals surface area contributed by atoms with Crippen molar-refractivity contribution in [3.63, 3.8) is 0 Å². The number of aromatic nitrogens is 3. The van der Waals surface area contributed by atoms with E-state index in [1.54, 1.807) is 18.4 Å². The molecule has 0 aliphatic rings. The number of furan rings is 1. The molecule has 0 unspecified atom stereocenters. The second kappa shape index (κ2) is 7.18. The summed E-state index contributed by atoms with van der Waals surface area (Å²) in [5, 5.41) is 7.01. The third-order valence-corrected chi connectivity index (χ3v) is 3.47. The monoisotopic (exact) mass is 328 g/mol. The molecule has 24 heavy (non-hydrogen) atoms. The largest absolute Gasteiger partial charge is 0.490 e. The van der Waals surface area contributed by atoms with Gasteiger partial charge in [-0.1, -0.05) is 6.07 Å². The minimum Gasteiger partial charge on any atom is -0.490 e. The average molecular weight is 328 g/mol. The number of hydrogen-bond acceptors (Lipinski definition) is 6. The zero-order chi connectivity index (χ0) is 16.9. The molecule has 0 aliphatic heterocycles. The van der Waals surface area contributed by atoms with Crippen molar-refractivity contribution in [1.82, 2.24) is 15.2 Å². The van der Waals surface area contributed by atoms with Gasteiger partial charge in [0.25, 0.3) is 0 Å². The quantitative estimate of drug-likeness (QED) is 0.692. The Labute approximate surface area is 139 Å². The smallest absolute Gasteiger partial charge is 0.216 e. The number of ether oxygens (including phenoxy) is 2. The molecule has 0 radical (unpaired) electrons. The number of nitrogens with two attached hydrogens (primary N) is 1. The molecule has 1 aromatic carbocycles. The SMILES string of the molecule is CCOc1ccc([C@@H](N)c2nc(-c3ccco3)n[nH]2)cc1OCC. The summed E-state index contributed by atoms with van der Waals surface area (Å²) in [6, 6.07) is 8.74. The van der Waals surface area contributed by atoms with Crippen molar-refractivity contribution in [2.24, 2.45) is 5.73 Å². The van der Waals surface area contributed by atoms with E-state index < -0.39 is 6.04 Å². The van der Waals surface area contributed by atoms with Gasteiger partial charge in [-0.05, 0) is 43.7 Å². The third kappa shape index (κ3) is 3.26. The third-order valence-electron chi connectivity index (χ3n) is 3.47. The first-order chi connectivity index (χ1) is 11.7. The summed E-state index contributed by atoms with van der Waals surface area (Å²) in [6.45, 7) is 4.97. The summed E-state index contributed by atoms with van der Waals surface area (Å²) in [7, 11) is 0. The van der Waals surface area contributed by atoms with Crippen LogP contribution in [-0.4, -0.2) is 28.4 Å². The maximum absolute atomic E-state index is 6.31. The molecule has 7 heteroatoms. The van der Waals surface area contributed by atoms with Crippen LogP contribution in [0.5, 0.6) is 11.5 Å². The Hall–Kier alpha value is -2.80. The zero-order valence-electron chi connectivity index (χ0n) is 13.7. The number of nitrogens with one attached hydrogen (secondary N) is 1. The molecule has 0 saturated heterocycles. The lowest BCUT2D eigenvalue weighted by atomic mass is 10.1. The van der Waals surface area contributed by atoms with Crippen molar-refractivity contribution in [2.75, 3.05) is 13.2 Å². The highest BCUT2D eigenvalue weighted by molar-refractivity contribution is 5.47. The molecule has 0 bridgehead atoms. The van der Waals surface area contributed by atoms with Gasteiger partial charge in [0.2, 0.25) is 5.82 Å². The Morgan fingerprint density at radius 2 is 1.96 bits per heavy atom. The van der Waals surface area contributed by atoms with Gasteiger partial charge in [0.15, 0.2) is 17.3 Å². The highest BCUT2D eigenvalue weighted by Crippen LogP contribution is 2.31. The Morgan fingerprint density at radius 3 is 2.67 bits per heavy atom. The molecule has 1 atom stereocenters. The number of H-pyrrole nitrogens is 1. The van der Waals surface area contributed by atoms with Gasteiger partial charge in [-0.25, -0.2) is 4.98 Å². The Kier molecular flexibility index (Phi) is 4.81. The van der Waals surface area contributed by atoms with Crippen molar-refractivity contribution in [3.05, 3.63) is 48.0 Å². The first-order valence-electron chi connectivity index (χ1n) is 7.84. The minimum absolute atomic E-state index is 0.462. The van der Waals surface area contributed by atoms with E-state index in [0.29, 0.717) is 42.1 Å². The molecule has 0 amide bonds. The summed E-state index contributed by atoms with van der Waals surface area (Å²) >= 11 is 0. The molecule has 3 N–H and O–H groups in total. The number of nitrogens with zero attached hydrogens (tertiary/aromatic N) is 2. The van der Waals surface area contributed by atoms with Gasteiger partial charge in [0.05, 0.1) is 25.5 Å². The van der Waals surface area contributed by atoms with Crippen LogP contribution in [0.3, 0.4) is 0 Å². The van der Waals surface area contributed by atoms with E-state index in [2.05, 4.69) is 15.2 Å². The Bertz CT molecular complexity index is 783. The fourth-order valence-corrected chi connectivity index (χ4v) is 2.35. The van der Waals surface area contributed by atoms with Gasteiger partial charge in [-0.3, -0.25) is 5.10 Å². The fourth-order valence-electron chi connectivity index (χ4n) is 2.35. The summed E-state index contributed by atoms with van der Waals surface area (Å²) in [4.78, 5) is 4.41. The lowest BCUT2D eigenvalue weighted by Crippen LogP contribution is -2.14. The summed E-state index contributed by atoms with van der Waals surface area (Å²) in [5.41, 5.74) is 7.16. The van der Waals surface area contributed by atoms with Crippen molar-refractivity contribution in [2.45, 2.75) is 19.9 Å². The van der Waals surface area contributed by atoms with Gasteiger partial charge in [0.1, 0.15) is 5.82 Å². The molecular weight excluding hydrogens is 308 g/mol. The Balaban J connectivity index is 1.86. The standard InChI is InChI=1S/C17H20N4O3/c1-3-22-12-8-7-11(10-14(12)23-4-2)15(18)17-19-16(20-21-17)13-6-5-9-24-13/h5-10,15H,3-4,18H2,1-2H3,(H,19,20,21)/t15-/m1/s1. The molecule has 0 saturated carbocycles. The van der Waals surface area contributed by atoms with E-state index in [4.69, 9.17) is 19.6 Å². The van der Waals surface area contributed by atoms with Gasteiger partial charge in [0, 0.05) is 0 Å². The maximum Gasteiger partial charge on any atom is 0.216 e. The predicted molar refractivity (Wildman–Crippen MR) is 88.9 cm³/mol. The number of rotatable bonds is 7. The molecule has 7 nitrogen and oxygen atoms in total. The lowest BCUT2D eigenvalue weighted by Gasteiger charge is -2.14. The van der Waals surface area contributed by atoms with Crippen molar-refractivity contribution >= 4 is 0 Å². The normalized spacial score (nSPS) is 12.1. The van der Waals surface area contributed by atoms with Crippen molar-refractivity contribution in [3.8, 4) is 23.1 Å².